The van der Waals surface area contributed by atoms with Gasteiger partial charge in [0.25, 0.3) is 0 Å². The fraction of sp³-hybridized carbons (Fsp3) is 0.200. The molecule has 1 heterocycles. The topological polar surface area (TPSA) is 79.2 Å². The molecule has 0 spiro atoms. The normalized spacial score (nSPS) is 11.0. The molecular weight excluding hydrogens is 426 g/mol. The summed E-state index contributed by atoms with van der Waals surface area (Å²) < 4.78 is 28.5. The molecule has 0 fully saturated rings. The van der Waals surface area contributed by atoms with Crippen LogP contribution in [0.2, 0.25) is 0 Å². The summed E-state index contributed by atoms with van der Waals surface area (Å²) >= 11 is 0. The number of carbonyl (C=O) groups excluding carboxylic acids is 1. The maximum atomic E-state index is 13.5. The van der Waals surface area contributed by atoms with Crippen LogP contribution in [0.3, 0.4) is 0 Å². The molecule has 33 heavy (non-hydrogen) atoms. The molecule has 0 aliphatic rings. The maximum Gasteiger partial charge on any atom is 0.324 e. The molecule has 170 valence electrons. The Kier molecular flexibility index (Phi) is 6.65. The summed E-state index contributed by atoms with van der Waals surface area (Å²) in [5.74, 6) is -1.18. The van der Waals surface area contributed by atoms with Crippen LogP contribution in [0, 0.1) is 11.6 Å². The number of amides is 2. The molecule has 1 aromatic heterocycles. The number of carbonyl (C=O) groups is 1. The van der Waals surface area contributed by atoms with Crippen molar-refractivity contribution in [3.8, 4) is 5.69 Å². The van der Waals surface area contributed by atoms with Crippen LogP contribution in [0.25, 0.3) is 16.5 Å². The minimum absolute atomic E-state index is 0.00413. The first-order valence-corrected chi connectivity index (χ1v) is 10.7. The minimum atomic E-state index is -0.787. The second kappa shape index (κ2) is 9.79. The average molecular weight is 450 g/mol. The first kappa shape index (κ1) is 22.4. The molecule has 8 heteroatoms. The molecule has 0 saturated carbocycles. The van der Waals surface area contributed by atoms with Crippen molar-refractivity contribution < 1.29 is 18.7 Å². The van der Waals surface area contributed by atoms with Crippen LogP contribution in [0.4, 0.5) is 25.1 Å². The molecule has 0 aliphatic heterocycles. The zero-order valence-corrected chi connectivity index (χ0v) is 18.1. The third-order valence-electron chi connectivity index (χ3n) is 5.26. The zero-order valence-electron chi connectivity index (χ0n) is 18.1. The number of hydrogen-bond acceptors (Lipinski definition) is 3. The van der Waals surface area contributed by atoms with Crippen molar-refractivity contribution in [2.45, 2.75) is 32.8 Å². The van der Waals surface area contributed by atoms with Gasteiger partial charge in [-0.3, -0.25) is 5.32 Å². The second-order valence-corrected chi connectivity index (χ2v) is 7.76. The van der Waals surface area contributed by atoms with Gasteiger partial charge in [0.2, 0.25) is 0 Å². The molecule has 0 saturated heterocycles. The van der Waals surface area contributed by atoms with E-state index in [0.717, 1.165) is 59.5 Å². The summed E-state index contributed by atoms with van der Waals surface area (Å²) in [7, 11) is 0. The summed E-state index contributed by atoms with van der Waals surface area (Å²) in [6, 6.07) is 15.4. The van der Waals surface area contributed by atoms with Crippen molar-refractivity contribution in [3.63, 3.8) is 0 Å². The van der Waals surface area contributed by atoms with E-state index in [9.17, 15) is 18.7 Å². The highest BCUT2D eigenvalue weighted by molar-refractivity contribution is 5.99. The number of aryl methyl sites for hydroxylation is 1. The molecule has 0 unspecified atom stereocenters. The van der Waals surface area contributed by atoms with Crippen LogP contribution >= 0.6 is 0 Å². The predicted octanol–water partition coefficient (Wildman–Crippen LogP) is 5.78. The molecule has 4 rings (SSSR count). The van der Waals surface area contributed by atoms with Crippen molar-refractivity contribution in [1.82, 2.24) is 9.78 Å². The molecule has 2 amide bonds. The maximum absolute atomic E-state index is 13.5. The van der Waals surface area contributed by atoms with E-state index < -0.39 is 17.7 Å². The van der Waals surface area contributed by atoms with Crippen LogP contribution < -0.4 is 10.6 Å². The molecule has 3 N–H and O–H groups in total. The fourth-order valence-electron chi connectivity index (χ4n) is 3.73. The van der Waals surface area contributed by atoms with E-state index in [2.05, 4.69) is 22.7 Å². The van der Waals surface area contributed by atoms with Crippen molar-refractivity contribution in [2.24, 2.45) is 0 Å². The van der Waals surface area contributed by atoms with E-state index in [4.69, 9.17) is 0 Å². The van der Waals surface area contributed by atoms with Gasteiger partial charge in [-0.25, -0.2) is 18.3 Å². The van der Waals surface area contributed by atoms with Crippen molar-refractivity contribution in [1.29, 1.82) is 0 Å². The van der Waals surface area contributed by atoms with E-state index in [0.29, 0.717) is 11.5 Å². The number of nitrogens with zero attached hydrogens (tertiary/aromatic N) is 2. The molecule has 4 aromatic rings. The number of urea groups is 1. The third kappa shape index (κ3) is 5.18. The number of benzene rings is 3. The lowest BCUT2D eigenvalue weighted by Gasteiger charge is -2.13. The number of nitrogens with one attached hydrogen (secondary N) is 2. The van der Waals surface area contributed by atoms with Crippen LogP contribution in [0.5, 0.6) is 0 Å². The summed E-state index contributed by atoms with van der Waals surface area (Å²) in [6.07, 6.45) is 2.66. The first-order valence-electron chi connectivity index (χ1n) is 10.7. The Labute approximate surface area is 189 Å². The predicted molar refractivity (Wildman–Crippen MR) is 125 cm³/mol. The van der Waals surface area contributed by atoms with Gasteiger partial charge in [-0.1, -0.05) is 37.6 Å². The Bertz CT molecular complexity index is 1280. The van der Waals surface area contributed by atoms with Gasteiger partial charge in [-0.05, 0) is 53.4 Å². The zero-order chi connectivity index (χ0) is 23.4. The van der Waals surface area contributed by atoms with Crippen molar-refractivity contribution in [3.05, 3.63) is 83.6 Å². The van der Waals surface area contributed by atoms with Crippen molar-refractivity contribution >= 4 is 28.3 Å². The quantitative estimate of drug-likeness (QED) is 0.334. The largest absolute Gasteiger partial charge is 0.392 e. The highest BCUT2D eigenvalue weighted by atomic mass is 19.1. The van der Waals surface area contributed by atoms with Crippen LogP contribution in [-0.2, 0) is 13.0 Å². The molecule has 0 bridgehead atoms. The number of hydrogen-bond donors (Lipinski definition) is 3. The second-order valence-electron chi connectivity index (χ2n) is 7.76. The van der Waals surface area contributed by atoms with Crippen molar-refractivity contribution in [2.75, 3.05) is 10.6 Å². The molecule has 6 nitrogen and oxygen atoms in total. The SMILES string of the molecule is CCCCc1cc(NC(=O)Nc2cc(F)cc(F)c2)n(-c2cc(CO)c3ccccc3c2)n1. The van der Waals surface area contributed by atoms with Gasteiger partial charge in [0, 0.05) is 17.8 Å². The summed E-state index contributed by atoms with van der Waals surface area (Å²) in [5.41, 5.74) is 2.20. The standard InChI is InChI=1S/C25H24F2N4O2/c1-2-3-7-20-14-24(29-25(33)28-21-12-18(26)11-19(27)13-21)31(30-20)22-9-16-6-4-5-8-23(16)17(10-22)15-32/h4-6,8-14,32H,2-3,7,15H2,1H3,(H2,28,29,33). The van der Waals surface area contributed by atoms with Gasteiger partial charge >= 0.3 is 6.03 Å². The van der Waals surface area contributed by atoms with Gasteiger partial charge < -0.3 is 10.4 Å². The third-order valence-corrected chi connectivity index (χ3v) is 5.26. The average Bonchev–Trinajstić information content (AvgIpc) is 3.18. The molecule has 0 atom stereocenters. The lowest BCUT2D eigenvalue weighted by molar-refractivity contribution is 0.262. The highest BCUT2D eigenvalue weighted by Crippen LogP contribution is 2.26. The summed E-state index contributed by atoms with van der Waals surface area (Å²) in [6.45, 7) is 1.94. The number of fused-ring (bicyclic) bond motifs is 1. The fourth-order valence-corrected chi connectivity index (χ4v) is 3.73. The number of anilines is 2. The minimum Gasteiger partial charge on any atom is -0.392 e. The number of aliphatic hydroxyl groups excluding tert-OH is 1. The highest BCUT2D eigenvalue weighted by Gasteiger charge is 2.15. The van der Waals surface area contributed by atoms with Gasteiger partial charge in [0.05, 0.1) is 18.0 Å². The lowest BCUT2D eigenvalue weighted by atomic mass is 10.0. The van der Waals surface area contributed by atoms with E-state index >= 15 is 0 Å². The van der Waals surface area contributed by atoms with E-state index in [-0.39, 0.29) is 12.3 Å². The smallest absolute Gasteiger partial charge is 0.324 e. The molecule has 0 radical (unpaired) electrons. The van der Waals surface area contributed by atoms with E-state index in [1.165, 1.54) is 0 Å². The Morgan fingerprint density at radius 3 is 2.52 bits per heavy atom. The van der Waals surface area contributed by atoms with Crippen LogP contribution in [-0.4, -0.2) is 20.9 Å². The first-order chi connectivity index (χ1) is 16.0. The lowest BCUT2D eigenvalue weighted by Crippen LogP contribution is -2.21. The summed E-state index contributed by atoms with van der Waals surface area (Å²) in [4.78, 5) is 12.6. The van der Waals surface area contributed by atoms with E-state index in [1.807, 2.05) is 36.4 Å². The Balaban J connectivity index is 1.69. The van der Waals surface area contributed by atoms with Gasteiger partial charge in [-0.15, -0.1) is 0 Å². The van der Waals surface area contributed by atoms with Gasteiger partial charge in [0.1, 0.15) is 17.5 Å². The van der Waals surface area contributed by atoms with Gasteiger partial charge in [-0.2, -0.15) is 5.10 Å². The Hall–Kier alpha value is -3.78. The number of aromatic nitrogens is 2. The Morgan fingerprint density at radius 1 is 1.03 bits per heavy atom. The number of halogens is 2. The van der Waals surface area contributed by atoms with E-state index in [1.54, 1.807) is 10.7 Å². The van der Waals surface area contributed by atoms with Crippen LogP contribution in [0.1, 0.15) is 31.0 Å². The van der Waals surface area contributed by atoms with Gasteiger partial charge in [0.15, 0.2) is 0 Å². The number of aliphatic hydroxyl groups is 1. The Morgan fingerprint density at radius 2 is 1.79 bits per heavy atom. The summed E-state index contributed by atoms with van der Waals surface area (Å²) in [5, 5.41) is 21.6. The monoisotopic (exact) mass is 450 g/mol. The van der Waals surface area contributed by atoms with Crippen LogP contribution in [0.15, 0.2) is 60.7 Å². The number of rotatable bonds is 7. The molecular formula is C25H24F2N4O2. The molecule has 3 aromatic carbocycles. The number of unbranched alkanes of at least 4 members (excludes halogenated alkanes) is 1. The molecule has 0 aliphatic carbocycles.